The molecule has 140 valence electrons. The van der Waals surface area contributed by atoms with Crippen molar-refractivity contribution in [1.29, 1.82) is 0 Å². The summed E-state index contributed by atoms with van der Waals surface area (Å²) in [5.41, 5.74) is 2.34. The van der Waals surface area contributed by atoms with E-state index in [1.165, 1.54) is 12.8 Å². The van der Waals surface area contributed by atoms with E-state index < -0.39 is 7.37 Å². The van der Waals surface area contributed by atoms with Crippen LogP contribution in [-0.2, 0) is 0 Å². The molecule has 0 saturated heterocycles. The van der Waals surface area contributed by atoms with E-state index in [9.17, 15) is 10.00 Å². The van der Waals surface area contributed by atoms with Crippen LogP contribution in [-0.4, -0.2) is 23.2 Å². The Morgan fingerprint density at radius 3 is 2.27 bits per heavy atom. The molecule has 0 spiro atoms. The van der Waals surface area contributed by atoms with Crippen molar-refractivity contribution in [3.63, 3.8) is 0 Å². The summed E-state index contributed by atoms with van der Waals surface area (Å²) in [5.74, 6) is 2.25. The maximum absolute atomic E-state index is 12.0. The largest absolute Gasteiger partial charge is 0.507 e. The van der Waals surface area contributed by atoms with Gasteiger partial charge in [0.25, 0.3) is 0 Å². The fraction of sp³-hybridized carbons (Fsp3) is 0.455. The van der Waals surface area contributed by atoms with E-state index >= 15 is 0 Å². The van der Waals surface area contributed by atoms with Gasteiger partial charge in [-0.2, -0.15) is 0 Å². The molecule has 0 aromatic heterocycles. The minimum Gasteiger partial charge on any atom is -0.507 e. The number of benzene rings is 2. The number of hydrogen-bond acceptors (Lipinski definition) is 2. The van der Waals surface area contributed by atoms with Gasteiger partial charge in [0.15, 0.2) is 7.57 Å². The molecule has 1 unspecified atom stereocenters. The van der Waals surface area contributed by atoms with Crippen molar-refractivity contribution >= 4 is 20.2 Å². The highest BCUT2D eigenvalue weighted by molar-refractivity contribution is 7.99. The summed E-state index contributed by atoms with van der Waals surface area (Å²) >= 11 is 0. The molecule has 3 rings (SSSR count). The molecule has 2 nitrogen and oxygen atoms in total. The first-order chi connectivity index (χ1) is 12.3. The zero-order chi connectivity index (χ0) is 18.9. The second-order valence-electron chi connectivity index (χ2n) is 7.77. The normalized spacial score (nSPS) is 25.8. The molecular formula is C22H32BO2P. The fourth-order valence-corrected chi connectivity index (χ4v) is 6.67. The Morgan fingerprint density at radius 2 is 1.62 bits per heavy atom. The molecule has 2 N–H and O–H groups in total. The lowest BCUT2D eigenvalue weighted by Gasteiger charge is -2.44. The maximum Gasteiger partial charge on any atom is 0.164 e. The lowest BCUT2D eigenvalue weighted by molar-refractivity contribution is 0.235. The van der Waals surface area contributed by atoms with Crippen LogP contribution in [0.4, 0.5) is 0 Å². The molecule has 0 amide bonds. The Morgan fingerprint density at radius 1 is 1.00 bits per heavy atom. The molecular weight excluding hydrogens is 338 g/mol. The minimum atomic E-state index is -2.10. The molecule has 1 aliphatic carbocycles. The summed E-state index contributed by atoms with van der Waals surface area (Å²) in [5, 5.41) is 11.5. The topological polar surface area (TPSA) is 40.5 Å². The third-order valence-corrected chi connectivity index (χ3v) is 7.75. The molecule has 0 heterocycles. The Hall–Kier alpha value is -1.31. The quantitative estimate of drug-likeness (QED) is 0.621. The summed E-state index contributed by atoms with van der Waals surface area (Å²) in [7, 11) is -2.36. The summed E-state index contributed by atoms with van der Waals surface area (Å²) in [6.45, 7) is 6.99. The predicted molar refractivity (Wildman–Crippen MR) is 117 cm³/mol. The summed E-state index contributed by atoms with van der Waals surface area (Å²) < 4.78 is 0. The van der Waals surface area contributed by atoms with E-state index in [4.69, 9.17) is 0 Å². The molecule has 1 saturated carbocycles. The Kier molecular flexibility index (Phi) is 5.80. The molecule has 1 aliphatic rings. The Balaban J connectivity index is 2.08. The fourth-order valence-electron chi connectivity index (χ4n) is 4.21. The SMILES string of the molecule is [BH3-][P+](O)(c1ccccc1-c1ccccc1O)[C@@H]1C[C@H](C)CC[C@H]1C(C)C. The first-order valence-electron chi connectivity index (χ1n) is 9.34. The number of phenolic OH excluding ortho intramolecular Hbond substituents is 1. The van der Waals surface area contributed by atoms with Crippen LogP contribution in [0.25, 0.3) is 11.1 Å². The number of para-hydroxylation sites is 1. The minimum absolute atomic E-state index is 0.257. The molecule has 1 fully saturated rings. The molecule has 4 heteroatoms. The molecule has 2 aromatic rings. The highest BCUT2D eigenvalue weighted by atomic mass is 31.2. The van der Waals surface area contributed by atoms with Crippen LogP contribution in [0.3, 0.4) is 0 Å². The van der Waals surface area contributed by atoms with E-state index in [0.717, 1.165) is 22.9 Å². The summed E-state index contributed by atoms with van der Waals surface area (Å²) in [6, 6.07) is 15.8. The number of aromatic hydroxyl groups is 1. The van der Waals surface area contributed by atoms with Gasteiger partial charge in [0.05, 0.1) is 11.0 Å². The van der Waals surface area contributed by atoms with Crippen molar-refractivity contribution in [1.82, 2.24) is 0 Å². The highest BCUT2D eigenvalue weighted by Gasteiger charge is 2.46. The van der Waals surface area contributed by atoms with Gasteiger partial charge in [0.2, 0.25) is 0 Å². The van der Waals surface area contributed by atoms with Crippen LogP contribution in [0.2, 0.25) is 0 Å². The molecule has 0 aliphatic heterocycles. The van der Waals surface area contributed by atoms with Gasteiger partial charge in [0, 0.05) is 18.5 Å². The van der Waals surface area contributed by atoms with Gasteiger partial charge in [-0.15, -0.1) is 0 Å². The maximum atomic E-state index is 12.0. The van der Waals surface area contributed by atoms with Gasteiger partial charge in [-0.25, -0.2) is 0 Å². The van der Waals surface area contributed by atoms with Crippen molar-refractivity contribution < 1.29 is 10.00 Å². The van der Waals surface area contributed by atoms with Gasteiger partial charge in [-0.3, -0.25) is 4.89 Å². The van der Waals surface area contributed by atoms with E-state index in [2.05, 4.69) is 39.0 Å². The van der Waals surface area contributed by atoms with Crippen molar-refractivity contribution in [3.05, 3.63) is 48.5 Å². The predicted octanol–water partition coefficient (Wildman–Crippen LogP) is 4.35. The lowest BCUT2D eigenvalue weighted by atomic mass is 9.77. The van der Waals surface area contributed by atoms with Gasteiger partial charge in [-0.05, 0) is 42.7 Å². The number of phenols is 1. The molecule has 0 bridgehead atoms. The van der Waals surface area contributed by atoms with Crippen molar-refractivity contribution in [2.75, 3.05) is 0 Å². The van der Waals surface area contributed by atoms with Crippen LogP contribution in [0, 0.1) is 17.8 Å². The van der Waals surface area contributed by atoms with Crippen LogP contribution in [0.15, 0.2) is 48.5 Å². The lowest BCUT2D eigenvalue weighted by Crippen LogP contribution is -2.37. The smallest absolute Gasteiger partial charge is 0.164 e. The van der Waals surface area contributed by atoms with Crippen LogP contribution in [0.5, 0.6) is 5.75 Å². The third-order valence-electron chi connectivity index (χ3n) is 5.65. The second-order valence-corrected chi connectivity index (χ2v) is 9.61. The van der Waals surface area contributed by atoms with E-state index in [-0.39, 0.29) is 7.57 Å². The molecule has 2 aromatic carbocycles. The van der Waals surface area contributed by atoms with Crippen molar-refractivity contribution in [2.24, 2.45) is 17.8 Å². The van der Waals surface area contributed by atoms with E-state index in [0.29, 0.717) is 29.2 Å². The third kappa shape index (κ3) is 3.70. The molecule has 0 radical (unpaired) electrons. The first kappa shape index (κ1) is 19.5. The van der Waals surface area contributed by atoms with Gasteiger partial charge in [-0.1, -0.05) is 63.6 Å². The van der Waals surface area contributed by atoms with E-state index in [1.54, 1.807) is 6.07 Å². The Bertz CT molecular complexity index is 759. The highest BCUT2D eigenvalue weighted by Crippen LogP contribution is 2.62. The van der Waals surface area contributed by atoms with Gasteiger partial charge >= 0.3 is 0 Å². The van der Waals surface area contributed by atoms with Crippen molar-refractivity contribution in [2.45, 2.75) is 45.7 Å². The molecule has 26 heavy (non-hydrogen) atoms. The summed E-state index contributed by atoms with van der Waals surface area (Å²) in [4.78, 5) is 12.0. The van der Waals surface area contributed by atoms with Gasteiger partial charge < -0.3 is 5.11 Å². The average molecular weight is 370 g/mol. The van der Waals surface area contributed by atoms with E-state index in [1.807, 2.05) is 24.3 Å². The average Bonchev–Trinajstić information content (AvgIpc) is 2.62. The zero-order valence-corrected chi connectivity index (χ0v) is 16.3. The second kappa shape index (κ2) is 7.75. The summed E-state index contributed by atoms with van der Waals surface area (Å²) in [6.07, 6.45) is 3.70. The Labute approximate surface area is 159 Å². The first-order valence-corrected chi connectivity index (χ1v) is 10.7. The van der Waals surface area contributed by atoms with Crippen molar-refractivity contribution in [3.8, 4) is 16.9 Å². The standard InChI is InChI=1S/C22H32BO2P/c1-15(2)17-13-12-16(3)14-22(17)26(23,25)21-11-7-5-9-19(21)18-8-4-6-10-20(18)24/h4-11,15-17,22,24-25H,12-14H2,1-3,23H3/t16-,17+,22-,26?/m1/s1. The number of rotatable bonds is 4. The molecule has 4 atom stereocenters. The van der Waals surface area contributed by atoms with Crippen LogP contribution in [0.1, 0.15) is 40.0 Å². The van der Waals surface area contributed by atoms with Gasteiger partial charge in [0.1, 0.15) is 5.75 Å². The monoisotopic (exact) mass is 370 g/mol. The van der Waals surface area contributed by atoms with Crippen LogP contribution < -0.4 is 5.30 Å². The zero-order valence-electron chi connectivity index (χ0n) is 15.4. The van der Waals surface area contributed by atoms with Crippen LogP contribution >= 0.6 is 7.37 Å². The number of hydrogen-bond donors (Lipinski definition) is 2.